The average Bonchev–Trinajstić information content (AvgIpc) is 2.86. The number of hydrogen-bond donors (Lipinski definition) is 3. The van der Waals surface area contributed by atoms with Gasteiger partial charge in [0.1, 0.15) is 24.3 Å². The minimum Gasteiger partial charge on any atom is -0.490 e. The standard InChI is InChI=1S/C26H31FN4O5/c1-3-28-26(34)30-18-8-11-22-20(12-18)25(33)31(2)21-10-9-19(36-23(21)15-35-22)13-24(32)29-14-16-4-6-17(27)7-5-16/h4-8,11-12,19,21,23H,3,9-10,13-15H2,1-2H3,(H,29,32)(H2,28,30,34)/t19-,21+,23-/m1/s1. The Balaban J connectivity index is 1.37. The van der Waals surface area contributed by atoms with Crippen molar-refractivity contribution in [2.45, 2.75) is 51.0 Å². The lowest BCUT2D eigenvalue weighted by molar-refractivity contribution is -0.134. The van der Waals surface area contributed by atoms with Crippen LogP contribution < -0.4 is 20.7 Å². The van der Waals surface area contributed by atoms with Gasteiger partial charge < -0.3 is 30.3 Å². The highest BCUT2D eigenvalue weighted by Gasteiger charge is 2.39. The summed E-state index contributed by atoms with van der Waals surface area (Å²) in [6.45, 7) is 2.85. The van der Waals surface area contributed by atoms with Crippen LogP contribution in [0.4, 0.5) is 14.9 Å². The fourth-order valence-corrected chi connectivity index (χ4v) is 4.52. The Bertz CT molecular complexity index is 1110. The number of hydrogen-bond acceptors (Lipinski definition) is 5. The van der Waals surface area contributed by atoms with Gasteiger partial charge in [0.25, 0.3) is 5.91 Å². The molecule has 1 fully saturated rings. The topological polar surface area (TPSA) is 109 Å². The Morgan fingerprint density at radius 3 is 2.64 bits per heavy atom. The number of rotatable bonds is 6. The second kappa shape index (κ2) is 11.4. The van der Waals surface area contributed by atoms with Crippen LogP contribution in [0.1, 0.15) is 42.1 Å². The van der Waals surface area contributed by atoms with Crippen LogP contribution in [-0.4, -0.2) is 61.2 Å². The summed E-state index contributed by atoms with van der Waals surface area (Å²) in [5.74, 6) is -0.288. The van der Waals surface area contributed by atoms with E-state index >= 15 is 0 Å². The highest BCUT2D eigenvalue weighted by Crippen LogP contribution is 2.32. The number of carbonyl (C=O) groups is 3. The molecule has 2 heterocycles. The molecule has 2 aromatic rings. The zero-order valence-corrected chi connectivity index (χ0v) is 20.4. The van der Waals surface area contributed by atoms with E-state index in [4.69, 9.17) is 9.47 Å². The highest BCUT2D eigenvalue weighted by molar-refractivity contribution is 5.99. The summed E-state index contributed by atoms with van der Waals surface area (Å²) in [7, 11) is 1.73. The fraction of sp³-hybridized carbons (Fsp3) is 0.423. The molecule has 10 heteroatoms. The quantitative estimate of drug-likeness (QED) is 0.567. The van der Waals surface area contributed by atoms with Crippen LogP contribution in [0.15, 0.2) is 42.5 Å². The normalized spacial score (nSPS) is 21.2. The number of likely N-dealkylation sites (N-methyl/N-ethyl adjacent to an activating group) is 1. The second-order valence-electron chi connectivity index (χ2n) is 8.97. The summed E-state index contributed by atoms with van der Waals surface area (Å²) >= 11 is 0. The number of carbonyl (C=O) groups excluding carboxylic acids is 3. The third-order valence-corrected chi connectivity index (χ3v) is 6.42. The molecule has 3 atom stereocenters. The Kier molecular flexibility index (Phi) is 8.04. The third-order valence-electron chi connectivity index (χ3n) is 6.42. The van der Waals surface area contributed by atoms with Gasteiger partial charge in [-0.1, -0.05) is 12.1 Å². The van der Waals surface area contributed by atoms with E-state index < -0.39 is 0 Å². The van der Waals surface area contributed by atoms with Crippen molar-refractivity contribution in [3.05, 3.63) is 59.4 Å². The largest absolute Gasteiger partial charge is 0.490 e. The van der Waals surface area contributed by atoms with E-state index in [1.165, 1.54) is 12.1 Å². The maximum Gasteiger partial charge on any atom is 0.319 e. The molecule has 2 aliphatic heterocycles. The number of nitrogens with zero attached hydrogens (tertiary/aromatic N) is 1. The summed E-state index contributed by atoms with van der Waals surface area (Å²) < 4.78 is 25.2. The van der Waals surface area contributed by atoms with Crippen LogP contribution in [0, 0.1) is 5.82 Å². The van der Waals surface area contributed by atoms with Gasteiger partial charge in [-0.25, -0.2) is 9.18 Å². The Hall–Kier alpha value is -3.66. The molecule has 0 saturated carbocycles. The van der Waals surface area contributed by atoms with Crippen LogP contribution in [0.25, 0.3) is 0 Å². The Morgan fingerprint density at radius 1 is 1.11 bits per heavy atom. The van der Waals surface area contributed by atoms with Gasteiger partial charge >= 0.3 is 6.03 Å². The molecule has 0 aromatic heterocycles. The molecule has 192 valence electrons. The van der Waals surface area contributed by atoms with Gasteiger partial charge in [0.2, 0.25) is 5.91 Å². The van der Waals surface area contributed by atoms with E-state index in [9.17, 15) is 18.8 Å². The molecule has 3 N–H and O–H groups in total. The summed E-state index contributed by atoms with van der Waals surface area (Å²) in [5.41, 5.74) is 1.67. The van der Waals surface area contributed by atoms with Crippen LogP contribution in [-0.2, 0) is 16.1 Å². The molecule has 4 rings (SSSR count). The van der Waals surface area contributed by atoms with E-state index in [0.717, 1.165) is 5.56 Å². The smallest absolute Gasteiger partial charge is 0.319 e. The van der Waals surface area contributed by atoms with Crippen molar-refractivity contribution in [1.29, 1.82) is 0 Å². The van der Waals surface area contributed by atoms with Gasteiger partial charge in [-0.3, -0.25) is 9.59 Å². The van der Waals surface area contributed by atoms with Crippen molar-refractivity contribution >= 4 is 23.5 Å². The van der Waals surface area contributed by atoms with Gasteiger partial charge in [-0.15, -0.1) is 0 Å². The van der Waals surface area contributed by atoms with Crippen molar-refractivity contribution in [2.75, 3.05) is 25.5 Å². The van der Waals surface area contributed by atoms with Crippen molar-refractivity contribution < 1.29 is 28.2 Å². The molecule has 2 aromatic carbocycles. The lowest BCUT2D eigenvalue weighted by Crippen LogP contribution is -2.53. The van der Waals surface area contributed by atoms with Crippen LogP contribution >= 0.6 is 0 Å². The van der Waals surface area contributed by atoms with Gasteiger partial charge in [-0.2, -0.15) is 0 Å². The molecular formula is C26H31FN4O5. The minimum absolute atomic E-state index is 0.156. The molecule has 1 saturated heterocycles. The monoisotopic (exact) mass is 498 g/mol. The Morgan fingerprint density at radius 2 is 1.89 bits per heavy atom. The van der Waals surface area contributed by atoms with Crippen molar-refractivity contribution in [3.63, 3.8) is 0 Å². The zero-order valence-electron chi connectivity index (χ0n) is 20.4. The summed E-state index contributed by atoms with van der Waals surface area (Å²) in [6.07, 6.45) is 0.790. The fourth-order valence-electron chi connectivity index (χ4n) is 4.52. The van der Waals surface area contributed by atoms with E-state index in [1.807, 2.05) is 6.92 Å². The summed E-state index contributed by atoms with van der Waals surface area (Å²) in [6, 6.07) is 10.4. The van der Waals surface area contributed by atoms with Crippen LogP contribution in [0.5, 0.6) is 5.75 Å². The minimum atomic E-state index is -0.385. The first-order valence-corrected chi connectivity index (χ1v) is 12.1. The first-order chi connectivity index (χ1) is 17.3. The Labute approximate surface area is 209 Å². The van der Waals surface area contributed by atoms with Crippen LogP contribution in [0.3, 0.4) is 0 Å². The maximum atomic E-state index is 13.3. The lowest BCUT2D eigenvalue weighted by Gasteiger charge is -2.42. The van der Waals surface area contributed by atoms with E-state index in [-0.39, 0.29) is 54.9 Å². The lowest BCUT2D eigenvalue weighted by atomic mass is 9.94. The number of benzene rings is 2. The molecule has 9 nitrogen and oxygen atoms in total. The molecule has 0 unspecified atom stereocenters. The molecule has 4 amide bonds. The number of halogens is 1. The molecule has 0 radical (unpaired) electrons. The van der Waals surface area contributed by atoms with E-state index in [0.29, 0.717) is 42.9 Å². The maximum absolute atomic E-state index is 13.3. The van der Waals surface area contributed by atoms with E-state index in [2.05, 4.69) is 16.0 Å². The molecule has 0 bridgehead atoms. The van der Waals surface area contributed by atoms with Gasteiger partial charge in [0, 0.05) is 25.8 Å². The molecular weight excluding hydrogens is 467 g/mol. The summed E-state index contributed by atoms with van der Waals surface area (Å²) in [4.78, 5) is 39.3. The van der Waals surface area contributed by atoms with Gasteiger partial charge in [0.15, 0.2) is 0 Å². The molecule has 0 aliphatic carbocycles. The molecule has 36 heavy (non-hydrogen) atoms. The number of nitrogens with one attached hydrogen (secondary N) is 3. The SMILES string of the molecule is CCNC(=O)Nc1ccc2c(c1)C(=O)N(C)[C@H]1CC[C@H](CC(=O)NCc3ccc(F)cc3)O[C@@H]1CO2. The van der Waals surface area contributed by atoms with Gasteiger partial charge in [0.05, 0.1) is 24.1 Å². The number of ether oxygens (including phenoxy) is 2. The first-order valence-electron chi connectivity index (χ1n) is 12.1. The number of anilines is 1. The number of amides is 4. The van der Waals surface area contributed by atoms with Gasteiger partial charge in [-0.05, 0) is 55.7 Å². The van der Waals surface area contributed by atoms with Crippen molar-refractivity contribution in [1.82, 2.24) is 15.5 Å². The van der Waals surface area contributed by atoms with Crippen molar-refractivity contribution in [3.8, 4) is 5.75 Å². The van der Waals surface area contributed by atoms with Crippen LogP contribution in [0.2, 0.25) is 0 Å². The number of urea groups is 1. The predicted molar refractivity (Wildman–Crippen MR) is 131 cm³/mol. The average molecular weight is 499 g/mol. The zero-order chi connectivity index (χ0) is 25.7. The highest BCUT2D eigenvalue weighted by atomic mass is 19.1. The first kappa shape index (κ1) is 25.4. The molecule has 0 spiro atoms. The van der Waals surface area contributed by atoms with Crippen molar-refractivity contribution in [2.24, 2.45) is 0 Å². The molecule has 2 aliphatic rings. The predicted octanol–water partition coefficient (Wildman–Crippen LogP) is 3.05. The summed E-state index contributed by atoms with van der Waals surface area (Å²) in [5, 5.41) is 8.21. The number of fused-ring (bicyclic) bond motifs is 2. The third kappa shape index (κ3) is 6.12. The van der Waals surface area contributed by atoms with E-state index in [1.54, 1.807) is 42.3 Å². The second-order valence-corrected chi connectivity index (χ2v) is 8.97.